The summed E-state index contributed by atoms with van der Waals surface area (Å²) >= 11 is 0. The van der Waals surface area contributed by atoms with Gasteiger partial charge in [0.15, 0.2) is 0 Å². The quantitative estimate of drug-likeness (QED) is 0.551. The number of carbonyl (C=O) groups excluding carboxylic acids is 2. The number of aryl methyl sites for hydroxylation is 2. The zero-order valence-corrected chi connectivity index (χ0v) is 21.4. The van der Waals surface area contributed by atoms with E-state index in [0.29, 0.717) is 22.4 Å². The molecule has 34 heavy (non-hydrogen) atoms. The summed E-state index contributed by atoms with van der Waals surface area (Å²) in [6, 6.07) is 10.1. The number of sulfonamides is 1. The second-order valence-electron chi connectivity index (χ2n) is 8.65. The SMILES string of the molecule is CC[C@@H](C)NC(=O)[C@@H](C)N(Cc1ccc(F)cc1)C(=O)CN(c1c(C)cccc1C)S(C)(=O)=O. The lowest BCUT2D eigenvalue weighted by molar-refractivity contribution is -0.139. The number of carbonyl (C=O) groups is 2. The first-order valence-electron chi connectivity index (χ1n) is 11.2. The van der Waals surface area contributed by atoms with Crippen molar-refractivity contribution in [1.29, 1.82) is 0 Å². The maximum Gasteiger partial charge on any atom is 0.244 e. The fraction of sp³-hybridized carbons (Fsp3) is 0.440. The Labute approximate surface area is 202 Å². The second-order valence-corrected chi connectivity index (χ2v) is 10.6. The minimum atomic E-state index is -3.80. The van der Waals surface area contributed by atoms with Gasteiger partial charge in [0.05, 0.1) is 11.9 Å². The molecule has 2 rings (SSSR count). The first kappa shape index (κ1) is 27.3. The predicted molar refractivity (Wildman–Crippen MR) is 132 cm³/mol. The van der Waals surface area contributed by atoms with Crippen LogP contribution >= 0.6 is 0 Å². The number of rotatable bonds is 10. The van der Waals surface area contributed by atoms with Crippen molar-refractivity contribution >= 4 is 27.5 Å². The van der Waals surface area contributed by atoms with Crippen molar-refractivity contribution in [2.75, 3.05) is 17.1 Å². The number of nitrogens with zero attached hydrogens (tertiary/aromatic N) is 2. The Balaban J connectivity index is 2.43. The average Bonchev–Trinajstić information content (AvgIpc) is 2.76. The molecule has 0 aliphatic rings. The Bertz CT molecular complexity index is 1100. The van der Waals surface area contributed by atoms with Crippen LogP contribution in [0, 0.1) is 19.7 Å². The monoisotopic (exact) mass is 491 g/mol. The third kappa shape index (κ3) is 7.03. The molecule has 9 heteroatoms. The lowest BCUT2D eigenvalue weighted by Gasteiger charge is -2.32. The molecular weight excluding hydrogens is 457 g/mol. The molecule has 7 nitrogen and oxygen atoms in total. The van der Waals surface area contributed by atoms with Crippen LogP contribution in [0.3, 0.4) is 0 Å². The summed E-state index contributed by atoms with van der Waals surface area (Å²) in [5.74, 6) is -1.30. The summed E-state index contributed by atoms with van der Waals surface area (Å²) in [4.78, 5) is 27.7. The molecule has 2 atom stereocenters. The minimum absolute atomic E-state index is 0.0264. The predicted octanol–water partition coefficient (Wildman–Crippen LogP) is 3.54. The number of para-hydroxylation sites is 1. The number of benzene rings is 2. The molecule has 1 N–H and O–H groups in total. The van der Waals surface area contributed by atoms with Crippen molar-refractivity contribution in [3.8, 4) is 0 Å². The van der Waals surface area contributed by atoms with E-state index < -0.39 is 34.3 Å². The average molecular weight is 492 g/mol. The summed E-state index contributed by atoms with van der Waals surface area (Å²) in [6.45, 7) is 8.52. The number of anilines is 1. The molecule has 0 heterocycles. The number of halogens is 1. The van der Waals surface area contributed by atoms with Crippen LogP contribution in [0.15, 0.2) is 42.5 Å². The Morgan fingerprint density at radius 2 is 1.59 bits per heavy atom. The van der Waals surface area contributed by atoms with E-state index >= 15 is 0 Å². The van der Waals surface area contributed by atoms with Crippen LogP contribution in [-0.2, 0) is 26.2 Å². The molecular formula is C25H34FN3O4S. The lowest BCUT2D eigenvalue weighted by Crippen LogP contribution is -2.52. The molecule has 2 amide bonds. The highest BCUT2D eigenvalue weighted by molar-refractivity contribution is 7.92. The van der Waals surface area contributed by atoms with E-state index in [1.807, 2.05) is 19.9 Å². The Morgan fingerprint density at radius 3 is 2.09 bits per heavy atom. The van der Waals surface area contributed by atoms with Crippen LogP contribution in [0.2, 0.25) is 0 Å². The van der Waals surface area contributed by atoms with Crippen molar-refractivity contribution in [2.45, 2.75) is 59.7 Å². The molecule has 0 spiro atoms. The zero-order chi connectivity index (χ0) is 25.6. The highest BCUT2D eigenvalue weighted by Crippen LogP contribution is 2.27. The van der Waals surface area contributed by atoms with Gasteiger partial charge in [-0.2, -0.15) is 0 Å². The number of hydrogen-bond donors (Lipinski definition) is 1. The molecule has 0 aromatic heterocycles. The molecule has 0 radical (unpaired) electrons. The summed E-state index contributed by atoms with van der Waals surface area (Å²) < 4.78 is 39.9. The van der Waals surface area contributed by atoms with Gasteiger partial charge in [0.25, 0.3) is 0 Å². The van der Waals surface area contributed by atoms with Gasteiger partial charge in [0.1, 0.15) is 18.4 Å². The molecule has 0 fully saturated rings. The standard InChI is InChI=1S/C25H34FN3O4S/c1-7-19(4)27-25(31)20(5)28(15-21-11-13-22(26)14-12-21)23(30)16-29(34(6,32)33)24-17(2)9-8-10-18(24)3/h8-14,19-20H,7,15-16H2,1-6H3,(H,27,31)/t19-,20-/m1/s1. The third-order valence-electron chi connectivity index (χ3n) is 5.80. The summed E-state index contributed by atoms with van der Waals surface area (Å²) in [7, 11) is -3.80. The van der Waals surface area contributed by atoms with Crippen LogP contribution in [0.25, 0.3) is 0 Å². The molecule has 2 aromatic carbocycles. The largest absolute Gasteiger partial charge is 0.352 e. The smallest absolute Gasteiger partial charge is 0.244 e. The van der Waals surface area contributed by atoms with Gasteiger partial charge in [-0.1, -0.05) is 37.3 Å². The summed E-state index contributed by atoms with van der Waals surface area (Å²) in [5, 5.41) is 2.87. The fourth-order valence-corrected chi connectivity index (χ4v) is 4.57. The van der Waals surface area contributed by atoms with E-state index in [-0.39, 0.29) is 18.5 Å². The van der Waals surface area contributed by atoms with Gasteiger partial charge < -0.3 is 10.2 Å². The van der Waals surface area contributed by atoms with Crippen LogP contribution < -0.4 is 9.62 Å². The van der Waals surface area contributed by atoms with Crippen LogP contribution in [0.1, 0.15) is 43.9 Å². The van der Waals surface area contributed by atoms with Crippen molar-refractivity contribution in [3.05, 3.63) is 65.0 Å². The molecule has 186 valence electrons. The van der Waals surface area contributed by atoms with Gasteiger partial charge in [-0.25, -0.2) is 12.8 Å². The van der Waals surface area contributed by atoms with Crippen molar-refractivity contribution in [1.82, 2.24) is 10.2 Å². The Morgan fingerprint density at radius 1 is 1.03 bits per heavy atom. The highest BCUT2D eigenvalue weighted by Gasteiger charge is 2.31. The summed E-state index contributed by atoms with van der Waals surface area (Å²) in [6.07, 6.45) is 1.77. The molecule has 0 aliphatic heterocycles. The second kappa shape index (κ2) is 11.5. The molecule has 0 saturated heterocycles. The number of amides is 2. The molecule has 0 aliphatic carbocycles. The Kier molecular flexibility index (Phi) is 9.21. The van der Waals surface area contributed by atoms with Gasteiger partial charge in [-0.05, 0) is 62.9 Å². The van der Waals surface area contributed by atoms with E-state index in [2.05, 4.69) is 5.32 Å². The number of hydrogen-bond acceptors (Lipinski definition) is 4. The fourth-order valence-electron chi connectivity index (χ4n) is 3.61. The van der Waals surface area contributed by atoms with Gasteiger partial charge in [0, 0.05) is 12.6 Å². The summed E-state index contributed by atoms with van der Waals surface area (Å²) in [5.41, 5.74) is 2.49. The molecule has 0 bridgehead atoms. The zero-order valence-electron chi connectivity index (χ0n) is 20.6. The van der Waals surface area contributed by atoms with E-state index in [9.17, 15) is 22.4 Å². The molecule has 0 unspecified atom stereocenters. The van der Waals surface area contributed by atoms with E-state index in [1.165, 1.54) is 29.2 Å². The topological polar surface area (TPSA) is 86.8 Å². The first-order valence-corrected chi connectivity index (χ1v) is 13.1. The van der Waals surface area contributed by atoms with E-state index in [1.54, 1.807) is 32.9 Å². The van der Waals surface area contributed by atoms with Gasteiger partial charge in [0.2, 0.25) is 21.8 Å². The van der Waals surface area contributed by atoms with Crippen molar-refractivity contribution < 1.29 is 22.4 Å². The van der Waals surface area contributed by atoms with Crippen LogP contribution in [0.4, 0.5) is 10.1 Å². The number of nitrogens with one attached hydrogen (secondary N) is 1. The highest BCUT2D eigenvalue weighted by atomic mass is 32.2. The van der Waals surface area contributed by atoms with Crippen LogP contribution in [-0.4, -0.2) is 50.0 Å². The first-order chi connectivity index (χ1) is 15.8. The van der Waals surface area contributed by atoms with Gasteiger partial charge in [-0.3, -0.25) is 13.9 Å². The van der Waals surface area contributed by atoms with Gasteiger partial charge in [-0.15, -0.1) is 0 Å². The van der Waals surface area contributed by atoms with Crippen molar-refractivity contribution in [3.63, 3.8) is 0 Å². The van der Waals surface area contributed by atoms with Gasteiger partial charge >= 0.3 is 0 Å². The van der Waals surface area contributed by atoms with E-state index in [0.717, 1.165) is 17.0 Å². The molecule has 0 saturated carbocycles. The maximum atomic E-state index is 13.5. The lowest BCUT2D eigenvalue weighted by atomic mass is 10.1. The van der Waals surface area contributed by atoms with Crippen molar-refractivity contribution in [2.24, 2.45) is 0 Å². The normalized spacial score (nSPS) is 13.1. The molecule has 2 aromatic rings. The minimum Gasteiger partial charge on any atom is -0.352 e. The van der Waals surface area contributed by atoms with E-state index in [4.69, 9.17) is 0 Å². The van der Waals surface area contributed by atoms with Crippen LogP contribution in [0.5, 0.6) is 0 Å². The Hall–Kier alpha value is -2.94. The third-order valence-corrected chi connectivity index (χ3v) is 6.91. The maximum absolute atomic E-state index is 13.5.